The predicted octanol–water partition coefficient (Wildman–Crippen LogP) is 1.19. The van der Waals surface area contributed by atoms with E-state index in [-0.39, 0.29) is 18.2 Å². The fourth-order valence-electron chi connectivity index (χ4n) is 2.07. The molecule has 0 spiro atoms. The molecule has 1 fully saturated rings. The van der Waals surface area contributed by atoms with E-state index in [4.69, 9.17) is 9.47 Å². The number of rotatable bonds is 3. The highest BCUT2D eigenvalue weighted by molar-refractivity contribution is 5.88. The van der Waals surface area contributed by atoms with Gasteiger partial charge in [-0.15, -0.1) is 5.10 Å². The van der Waals surface area contributed by atoms with Crippen LogP contribution < -0.4 is 0 Å². The lowest BCUT2D eigenvalue weighted by molar-refractivity contribution is -0.145. The van der Waals surface area contributed by atoms with Crippen LogP contribution in [-0.2, 0) is 14.3 Å². The van der Waals surface area contributed by atoms with E-state index in [1.54, 1.807) is 6.92 Å². The van der Waals surface area contributed by atoms with Gasteiger partial charge in [0.05, 0.1) is 12.3 Å². The molecule has 114 valence electrons. The number of hydrogen-bond acceptors (Lipinski definition) is 6. The second-order valence-electron chi connectivity index (χ2n) is 4.72. The number of hydrogen-bond donors (Lipinski definition) is 0. The number of esters is 2. The number of aromatic nitrogens is 3. The highest BCUT2D eigenvalue weighted by Gasteiger charge is 2.31. The molecule has 0 bridgehead atoms. The van der Waals surface area contributed by atoms with Gasteiger partial charge in [0.1, 0.15) is 11.6 Å². The van der Waals surface area contributed by atoms with Crippen molar-refractivity contribution in [2.75, 3.05) is 6.61 Å². The summed E-state index contributed by atoms with van der Waals surface area (Å²) < 4.78 is 24.1. The van der Waals surface area contributed by atoms with Gasteiger partial charge in [0.15, 0.2) is 0 Å². The van der Waals surface area contributed by atoms with Crippen LogP contribution in [0, 0.1) is 12.7 Å². The Bertz CT molecular complexity index is 726. The number of aryl methyl sites for hydroxylation is 1. The maximum absolute atomic E-state index is 12.9. The van der Waals surface area contributed by atoms with Gasteiger partial charge in [-0.05, 0) is 31.2 Å². The van der Waals surface area contributed by atoms with Crippen LogP contribution in [0.25, 0.3) is 5.69 Å². The monoisotopic (exact) mass is 305 g/mol. The molecular formula is C14H12FN3O4. The van der Waals surface area contributed by atoms with Crippen LogP contribution in [0.1, 0.15) is 22.9 Å². The molecule has 1 aromatic carbocycles. The molecule has 0 N–H and O–H groups in total. The van der Waals surface area contributed by atoms with Crippen LogP contribution >= 0.6 is 0 Å². The molecule has 0 amide bonds. The van der Waals surface area contributed by atoms with Gasteiger partial charge in [-0.25, -0.2) is 23.6 Å². The molecule has 3 rings (SSSR count). The summed E-state index contributed by atoms with van der Waals surface area (Å²) in [6, 6.07) is 5.59. The molecular weight excluding hydrogens is 293 g/mol. The molecule has 2 aromatic rings. The average molecular weight is 305 g/mol. The molecule has 1 unspecified atom stereocenters. The highest BCUT2D eigenvalue weighted by Crippen LogP contribution is 2.14. The lowest BCUT2D eigenvalue weighted by Crippen LogP contribution is -2.23. The Balaban J connectivity index is 1.81. The van der Waals surface area contributed by atoms with Gasteiger partial charge in [0.2, 0.25) is 6.10 Å². The fourth-order valence-corrected chi connectivity index (χ4v) is 2.07. The first kappa shape index (κ1) is 14.2. The number of benzene rings is 1. The Morgan fingerprint density at radius 3 is 2.77 bits per heavy atom. The van der Waals surface area contributed by atoms with Crippen LogP contribution in [-0.4, -0.2) is 39.4 Å². The molecule has 22 heavy (non-hydrogen) atoms. The zero-order chi connectivity index (χ0) is 15.7. The van der Waals surface area contributed by atoms with E-state index in [1.807, 2.05) is 0 Å². The number of carbonyl (C=O) groups excluding carboxylic acids is 2. The van der Waals surface area contributed by atoms with Crippen molar-refractivity contribution in [2.24, 2.45) is 0 Å². The van der Waals surface area contributed by atoms with E-state index in [9.17, 15) is 14.0 Å². The molecule has 1 saturated heterocycles. The van der Waals surface area contributed by atoms with Crippen LogP contribution in [0.5, 0.6) is 0 Å². The zero-order valence-electron chi connectivity index (χ0n) is 11.7. The molecule has 8 heteroatoms. The Morgan fingerprint density at radius 1 is 1.41 bits per heavy atom. The van der Waals surface area contributed by atoms with Gasteiger partial charge < -0.3 is 9.47 Å². The van der Waals surface area contributed by atoms with E-state index < -0.39 is 18.0 Å². The Hall–Kier alpha value is -2.77. The third kappa shape index (κ3) is 2.67. The molecule has 1 aliphatic heterocycles. The minimum absolute atomic E-state index is 0.165. The standard InChI is InChI=1S/C14H12FN3O4/c1-8-16-12(14(20)22-11-6-7-21-13(11)19)17-18(8)10-4-2-9(15)3-5-10/h2-5,11H,6-7H2,1H3. The molecule has 1 aromatic heterocycles. The van der Waals surface area contributed by atoms with E-state index >= 15 is 0 Å². The first-order valence-electron chi connectivity index (χ1n) is 6.62. The number of halogens is 1. The number of ether oxygens (including phenoxy) is 2. The SMILES string of the molecule is Cc1nc(C(=O)OC2CCOC2=O)nn1-c1ccc(F)cc1. The van der Waals surface area contributed by atoms with Gasteiger partial charge in [-0.2, -0.15) is 0 Å². The highest BCUT2D eigenvalue weighted by atomic mass is 19.1. The van der Waals surface area contributed by atoms with Crippen LogP contribution in [0.15, 0.2) is 24.3 Å². The van der Waals surface area contributed by atoms with Crippen molar-refractivity contribution in [3.63, 3.8) is 0 Å². The van der Waals surface area contributed by atoms with Crippen LogP contribution in [0.3, 0.4) is 0 Å². The quantitative estimate of drug-likeness (QED) is 0.792. The smallest absolute Gasteiger partial charge is 0.379 e. The van der Waals surface area contributed by atoms with Gasteiger partial charge in [-0.3, -0.25) is 0 Å². The minimum Gasteiger partial charge on any atom is -0.463 e. The van der Waals surface area contributed by atoms with Gasteiger partial charge in [0, 0.05) is 6.42 Å². The Labute approximate surface area is 124 Å². The first-order chi connectivity index (χ1) is 10.5. The lowest BCUT2D eigenvalue weighted by Gasteiger charge is -2.05. The summed E-state index contributed by atoms with van der Waals surface area (Å²) in [5, 5.41) is 4.03. The predicted molar refractivity (Wildman–Crippen MR) is 70.8 cm³/mol. The molecule has 2 heterocycles. The fraction of sp³-hybridized carbons (Fsp3) is 0.286. The molecule has 0 saturated carbocycles. The first-order valence-corrected chi connectivity index (χ1v) is 6.62. The lowest BCUT2D eigenvalue weighted by atomic mass is 10.3. The minimum atomic E-state index is -0.912. The van der Waals surface area contributed by atoms with Crippen molar-refractivity contribution < 1.29 is 23.5 Å². The zero-order valence-corrected chi connectivity index (χ0v) is 11.7. The molecule has 0 aliphatic carbocycles. The Kier molecular flexibility index (Phi) is 3.58. The topological polar surface area (TPSA) is 83.3 Å². The summed E-state index contributed by atoms with van der Waals surface area (Å²) in [7, 11) is 0. The van der Waals surface area contributed by atoms with Gasteiger partial charge in [-0.1, -0.05) is 0 Å². The van der Waals surface area contributed by atoms with Gasteiger partial charge >= 0.3 is 11.9 Å². The summed E-state index contributed by atoms with van der Waals surface area (Å²) in [6.45, 7) is 1.88. The van der Waals surface area contributed by atoms with Gasteiger partial charge in [0.25, 0.3) is 5.82 Å². The number of carbonyl (C=O) groups is 2. The van der Waals surface area contributed by atoms with Crippen molar-refractivity contribution in [1.29, 1.82) is 0 Å². The van der Waals surface area contributed by atoms with E-state index in [0.717, 1.165) is 0 Å². The van der Waals surface area contributed by atoms with Crippen molar-refractivity contribution in [1.82, 2.24) is 14.8 Å². The number of cyclic esters (lactones) is 1. The third-order valence-electron chi connectivity index (χ3n) is 3.16. The maximum Gasteiger partial charge on any atom is 0.379 e. The van der Waals surface area contributed by atoms with E-state index in [2.05, 4.69) is 10.1 Å². The summed E-state index contributed by atoms with van der Waals surface area (Å²) in [6.07, 6.45) is -0.590. The third-order valence-corrected chi connectivity index (χ3v) is 3.16. The van der Waals surface area contributed by atoms with Crippen LogP contribution in [0.4, 0.5) is 4.39 Å². The van der Waals surface area contributed by atoms with Crippen molar-refractivity contribution >= 4 is 11.9 Å². The van der Waals surface area contributed by atoms with E-state index in [1.165, 1.54) is 28.9 Å². The summed E-state index contributed by atoms with van der Waals surface area (Å²) >= 11 is 0. The molecule has 0 radical (unpaired) electrons. The second kappa shape index (κ2) is 5.55. The maximum atomic E-state index is 12.9. The normalized spacial score (nSPS) is 17.4. The molecule has 7 nitrogen and oxygen atoms in total. The molecule has 1 atom stereocenters. The summed E-state index contributed by atoms with van der Waals surface area (Å²) in [5.74, 6) is -1.47. The van der Waals surface area contributed by atoms with Crippen molar-refractivity contribution in [3.8, 4) is 5.69 Å². The van der Waals surface area contributed by atoms with Crippen LogP contribution in [0.2, 0.25) is 0 Å². The summed E-state index contributed by atoms with van der Waals surface area (Å²) in [4.78, 5) is 27.3. The number of nitrogens with zero attached hydrogens (tertiary/aromatic N) is 3. The van der Waals surface area contributed by atoms with E-state index in [0.29, 0.717) is 17.9 Å². The second-order valence-corrected chi connectivity index (χ2v) is 4.72. The van der Waals surface area contributed by atoms with Crippen molar-refractivity contribution in [3.05, 3.63) is 41.7 Å². The molecule has 1 aliphatic rings. The average Bonchev–Trinajstić information content (AvgIpc) is 3.07. The largest absolute Gasteiger partial charge is 0.463 e. The summed E-state index contributed by atoms with van der Waals surface area (Å²) in [5.41, 5.74) is 0.561. The van der Waals surface area contributed by atoms with Crippen molar-refractivity contribution in [2.45, 2.75) is 19.4 Å². The Morgan fingerprint density at radius 2 is 2.14 bits per heavy atom.